The molecule has 0 aliphatic heterocycles. The first-order chi connectivity index (χ1) is 25.7. The summed E-state index contributed by atoms with van der Waals surface area (Å²) in [6, 6.07) is 2.75. The molecule has 1 radical (unpaired) electrons. The summed E-state index contributed by atoms with van der Waals surface area (Å²) in [4.78, 5) is 81.8. The average molecular weight is 978 g/mol. The van der Waals surface area contributed by atoms with Crippen molar-refractivity contribution in [3.05, 3.63) is 66.3 Å². The van der Waals surface area contributed by atoms with Gasteiger partial charge in [-0.3, -0.25) is 23.5 Å². The Kier molecular flexibility index (Phi) is 22.1. The monoisotopic (exact) mass is 978 g/mol. The molecule has 0 spiro atoms. The van der Waals surface area contributed by atoms with E-state index in [2.05, 4.69) is 25.3 Å². The summed E-state index contributed by atoms with van der Waals surface area (Å²) in [5.74, 6) is -4.23. The zero-order valence-corrected chi connectivity index (χ0v) is 33.1. The van der Waals surface area contributed by atoms with Gasteiger partial charge in [0, 0.05) is 75.0 Å². The van der Waals surface area contributed by atoms with Crippen molar-refractivity contribution in [1.29, 1.82) is 0 Å². The van der Waals surface area contributed by atoms with E-state index < -0.39 is 53.3 Å². The largest absolute Gasteiger partial charge is 0.755 e. The SMILES string of the molecule is C.O=C(O)Cn1ccnc1CN(CCCC[C@H](NC(=O)N[C@@H](CCC(=O)CCCc1ccc(NS(=O)[O-])cc1)C(=O)O)C(=O)O)Cc1nccn1CC(=O)O.[Re]. The van der Waals surface area contributed by atoms with Crippen LogP contribution >= 0.6 is 0 Å². The minimum atomic E-state index is -2.44. The Hall–Kier alpha value is -5.01. The van der Waals surface area contributed by atoms with Gasteiger partial charge < -0.3 is 49.5 Å². The number of benzene rings is 1. The molecule has 0 aliphatic carbocycles. The molecule has 7 N–H and O–H groups in total. The van der Waals surface area contributed by atoms with Crippen LogP contribution in [0.3, 0.4) is 0 Å². The molecule has 2 aromatic heterocycles. The Morgan fingerprint density at radius 1 is 0.768 bits per heavy atom. The first kappa shape index (κ1) is 49.0. The third-order valence-corrected chi connectivity index (χ3v) is 8.56. The van der Waals surface area contributed by atoms with Gasteiger partial charge in [-0.15, -0.1) is 0 Å². The number of Topliss-reactive ketones (excluding diaryl/α,β-unsaturated/α-hetero) is 1. The fourth-order valence-electron chi connectivity index (χ4n) is 5.49. The first-order valence-corrected chi connectivity index (χ1v) is 17.9. The maximum absolute atomic E-state index is 12.7. The van der Waals surface area contributed by atoms with Crippen molar-refractivity contribution in [1.82, 2.24) is 34.6 Å². The number of hydrogen-bond donors (Lipinski definition) is 7. The number of hydrogen-bond acceptors (Lipinski definition) is 11. The molecule has 0 saturated carbocycles. The Morgan fingerprint density at radius 2 is 1.29 bits per heavy atom. The topological polar surface area (TPSA) is 298 Å². The number of aliphatic carboxylic acids is 4. The van der Waals surface area contributed by atoms with Crippen molar-refractivity contribution < 1.29 is 78.4 Å². The normalized spacial score (nSPS) is 12.3. The van der Waals surface area contributed by atoms with E-state index in [1.807, 2.05) is 4.90 Å². The molecule has 3 atom stereocenters. The van der Waals surface area contributed by atoms with Gasteiger partial charge in [0.2, 0.25) is 0 Å². The van der Waals surface area contributed by atoms with Crippen LogP contribution in [0.2, 0.25) is 0 Å². The smallest absolute Gasteiger partial charge is 0.326 e. The zero-order chi connectivity index (χ0) is 39.6. The van der Waals surface area contributed by atoms with Crippen LogP contribution in [0.1, 0.15) is 69.6 Å². The number of imidazole rings is 2. The molecule has 0 aliphatic rings. The minimum Gasteiger partial charge on any atom is -0.755 e. The van der Waals surface area contributed by atoms with E-state index in [1.54, 1.807) is 24.3 Å². The summed E-state index contributed by atoms with van der Waals surface area (Å²) in [7, 11) is 0. The van der Waals surface area contributed by atoms with Gasteiger partial charge in [0.1, 0.15) is 42.6 Å². The van der Waals surface area contributed by atoms with Crippen LogP contribution in [0, 0.1) is 0 Å². The third kappa shape index (κ3) is 18.1. The fourth-order valence-corrected chi connectivity index (χ4v) is 5.82. The summed E-state index contributed by atoms with van der Waals surface area (Å²) in [6.45, 7) is 0.0310. The third-order valence-electron chi connectivity index (χ3n) is 8.16. The average Bonchev–Trinajstić information content (AvgIpc) is 3.72. The van der Waals surface area contributed by atoms with Gasteiger partial charge in [-0.2, -0.15) is 0 Å². The predicted molar refractivity (Wildman–Crippen MR) is 195 cm³/mol. The van der Waals surface area contributed by atoms with Crippen molar-refractivity contribution in [3.8, 4) is 0 Å². The van der Waals surface area contributed by atoms with Crippen molar-refractivity contribution in [2.24, 2.45) is 0 Å². The summed E-state index contributed by atoms with van der Waals surface area (Å²) < 4.78 is 26.6. The second-order valence-corrected chi connectivity index (χ2v) is 13.0. The molecule has 56 heavy (non-hydrogen) atoms. The summed E-state index contributed by atoms with van der Waals surface area (Å²) in [6.07, 6.45) is 7.41. The Balaban J connectivity index is 0.00000784. The molecule has 1 aromatic carbocycles. The number of carbonyl (C=O) groups is 6. The molecule has 3 aromatic rings. The van der Waals surface area contributed by atoms with E-state index in [4.69, 9.17) is 0 Å². The molecule has 22 heteroatoms. The van der Waals surface area contributed by atoms with E-state index >= 15 is 0 Å². The van der Waals surface area contributed by atoms with Crippen molar-refractivity contribution in [2.45, 2.75) is 97.1 Å². The summed E-state index contributed by atoms with van der Waals surface area (Å²) in [5, 5.41) is 42.4. The molecule has 309 valence electrons. The van der Waals surface area contributed by atoms with Crippen molar-refractivity contribution in [3.63, 3.8) is 0 Å². The maximum Gasteiger partial charge on any atom is 0.326 e. The Bertz CT molecular complexity index is 1710. The number of carboxylic acid groups (broad SMARTS) is 4. The molecule has 20 nitrogen and oxygen atoms in total. The van der Waals surface area contributed by atoms with Crippen molar-refractivity contribution >= 4 is 52.6 Å². The van der Waals surface area contributed by atoms with E-state index in [1.165, 1.54) is 33.9 Å². The summed E-state index contributed by atoms with van der Waals surface area (Å²) >= 11 is -2.44. The number of carbonyl (C=O) groups excluding carboxylic acids is 2. The van der Waals surface area contributed by atoms with E-state index in [9.17, 15) is 58.0 Å². The zero-order valence-electron chi connectivity index (χ0n) is 29.5. The van der Waals surface area contributed by atoms with Gasteiger partial charge in [-0.25, -0.2) is 24.4 Å². The van der Waals surface area contributed by atoms with Crippen LogP contribution in [0.15, 0.2) is 49.1 Å². The predicted octanol–water partition coefficient (Wildman–Crippen LogP) is 1.84. The Labute approximate surface area is 339 Å². The fraction of sp³-hybridized carbons (Fsp3) is 0.471. The quantitative estimate of drug-likeness (QED) is 0.0446. The van der Waals surface area contributed by atoms with E-state index in [-0.39, 0.29) is 85.5 Å². The number of rotatable bonds is 26. The summed E-state index contributed by atoms with van der Waals surface area (Å²) in [5.41, 5.74) is 1.27. The molecule has 2 amide bonds. The van der Waals surface area contributed by atoms with Crippen LogP contribution in [0.4, 0.5) is 10.5 Å². The van der Waals surface area contributed by atoms with Crippen LogP contribution in [-0.4, -0.2) is 108 Å². The standard InChI is InChI=1S/C33H44N8O12S.CH4.Re/c42-24(5-3-4-22-7-9-23(10-8-22)38-54(52)53)11-12-26(32(49)50)37-33(51)36-25(31(47)48)6-1-2-15-39(18-27-34-13-16-40(27)20-29(43)44)19-28-35-14-17-41(28)21-30(45)46;;/h7-10,13-14,16-17,25-26,38H,1-6,11-12,15,18-21H2,(H,43,44)(H,45,46)(H,47,48)(H,49,50)(H,52,53)(H2,36,37,51);1H4;/p-1/t25-,26-;;/m0../s1. The number of ketones is 1. The minimum absolute atomic E-state index is 0. The van der Waals surface area contributed by atoms with Gasteiger partial charge in [0.25, 0.3) is 0 Å². The number of urea groups is 1. The van der Waals surface area contributed by atoms with Crippen LogP contribution in [0.5, 0.6) is 0 Å². The molecular formula is C34H47N8O12ReS-. The molecule has 0 fully saturated rings. The molecule has 3 rings (SSSR count). The number of carboxylic acids is 4. The van der Waals surface area contributed by atoms with Gasteiger partial charge in [-0.1, -0.05) is 19.6 Å². The number of anilines is 1. The number of unbranched alkanes of at least 4 members (excludes halogenated alkanes) is 1. The van der Waals surface area contributed by atoms with Crippen molar-refractivity contribution in [2.75, 3.05) is 11.3 Å². The molecule has 0 saturated heterocycles. The van der Waals surface area contributed by atoms with Crippen LogP contribution in [0.25, 0.3) is 0 Å². The number of nitrogens with zero attached hydrogens (tertiary/aromatic N) is 5. The second-order valence-electron chi connectivity index (χ2n) is 12.3. The number of amides is 2. The second kappa shape index (κ2) is 25.2. The first-order valence-electron chi connectivity index (χ1n) is 16.8. The van der Waals surface area contributed by atoms with Gasteiger partial charge in [-0.05, 0) is 62.8 Å². The maximum atomic E-state index is 12.7. The molecule has 2 heterocycles. The van der Waals surface area contributed by atoms with E-state index in [0.717, 1.165) is 5.56 Å². The number of aromatic nitrogens is 4. The van der Waals surface area contributed by atoms with Gasteiger partial charge >= 0.3 is 29.9 Å². The van der Waals surface area contributed by atoms with Crippen LogP contribution < -0.4 is 15.4 Å². The van der Waals surface area contributed by atoms with Crippen LogP contribution in [-0.2, 0) is 88.3 Å². The van der Waals surface area contributed by atoms with Gasteiger partial charge in [0.05, 0.1) is 13.1 Å². The number of aryl methyl sites for hydroxylation is 1. The van der Waals surface area contributed by atoms with E-state index in [0.29, 0.717) is 49.6 Å². The Morgan fingerprint density at radius 3 is 1.77 bits per heavy atom. The molecule has 0 bridgehead atoms. The molecule has 1 unspecified atom stereocenters. The number of nitrogens with one attached hydrogen (secondary N) is 3. The molecular weight excluding hydrogens is 931 g/mol. The van der Waals surface area contributed by atoms with Gasteiger partial charge in [0.15, 0.2) is 0 Å².